The second-order valence-corrected chi connectivity index (χ2v) is 8.30. The van der Waals surface area contributed by atoms with Gasteiger partial charge in [0, 0.05) is 3.57 Å². The van der Waals surface area contributed by atoms with Gasteiger partial charge in [0.05, 0.1) is 0 Å². The summed E-state index contributed by atoms with van der Waals surface area (Å²) in [5.41, 5.74) is 1.68. The lowest BCUT2D eigenvalue weighted by Gasteiger charge is -2.18. The molecule has 120 valence electrons. The summed E-state index contributed by atoms with van der Waals surface area (Å²) in [5.74, 6) is -0.949. The predicted molar refractivity (Wildman–Crippen MR) is 94.1 cm³/mol. The molecule has 2 aromatic rings. The van der Waals surface area contributed by atoms with Crippen molar-refractivity contribution < 1.29 is 17.4 Å². The fourth-order valence-corrected chi connectivity index (χ4v) is 2.53. The molecule has 0 atom stereocenters. The summed E-state index contributed by atoms with van der Waals surface area (Å²) >= 11 is 2.32. The molecule has 0 fully saturated rings. The first kappa shape index (κ1) is 19.1. The van der Waals surface area contributed by atoms with E-state index in [9.17, 15) is 12.8 Å². The van der Waals surface area contributed by atoms with Crippen molar-refractivity contribution in [2.24, 2.45) is 0 Å². The quantitative estimate of drug-likeness (QED) is 0.523. The van der Waals surface area contributed by atoms with Gasteiger partial charge >= 0.3 is 0 Å². The summed E-state index contributed by atoms with van der Waals surface area (Å²) in [6.07, 6.45) is 0. The van der Waals surface area contributed by atoms with Crippen molar-refractivity contribution in [3.05, 3.63) is 63.5 Å². The molecule has 2 rings (SSSR count). The van der Waals surface area contributed by atoms with E-state index < -0.39 is 20.8 Å². The summed E-state index contributed by atoms with van der Waals surface area (Å²) in [6, 6.07) is 13.3. The van der Waals surface area contributed by atoms with Gasteiger partial charge in [0.15, 0.2) is 0 Å². The third-order valence-corrected chi connectivity index (χ3v) is 4.43. The van der Waals surface area contributed by atoms with E-state index in [-0.39, 0.29) is 5.41 Å². The van der Waals surface area contributed by atoms with Gasteiger partial charge in [-0.05, 0) is 57.8 Å². The fourth-order valence-electron chi connectivity index (χ4n) is 1.60. The molecule has 0 aromatic heterocycles. The van der Waals surface area contributed by atoms with E-state index in [1.165, 1.54) is 21.3 Å². The molecule has 0 heterocycles. The zero-order valence-corrected chi connectivity index (χ0v) is 15.5. The maximum absolute atomic E-state index is 12.5. The molecule has 0 amide bonds. The molecule has 0 aliphatic carbocycles. The minimum absolute atomic E-state index is 0.282. The van der Waals surface area contributed by atoms with E-state index in [1.807, 2.05) is 0 Å². The van der Waals surface area contributed by atoms with Crippen LogP contribution in [0.4, 0.5) is 4.39 Å². The Labute approximate surface area is 144 Å². The minimum atomic E-state index is -4.41. The minimum Gasteiger partial charge on any atom is -0.282 e. The standard InChI is InChI=1S/C10H13I.C6H5FO3S/c1-10(2,3)8-4-6-9(11)7-5-8;7-5-3-1-2-4-6(5)11(8,9)10/h4-7H,1-3H3;1-4H,(H,8,9,10). The highest BCUT2D eigenvalue weighted by atomic mass is 127. The Balaban J connectivity index is 0.000000220. The summed E-state index contributed by atoms with van der Waals surface area (Å²) in [7, 11) is -4.41. The molecular weight excluding hydrogens is 418 g/mol. The van der Waals surface area contributed by atoms with Gasteiger partial charge in [-0.1, -0.05) is 45.0 Å². The number of halogens is 2. The molecule has 0 aliphatic heterocycles. The Hall–Kier alpha value is -0.990. The molecule has 22 heavy (non-hydrogen) atoms. The molecule has 0 radical (unpaired) electrons. The Morgan fingerprint density at radius 1 is 1.00 bits per heavy atom. The third kappa shape index (κ3) is 6.02. The normalized spacial score (nSPS) is 11.5. The average Bonchev–Trinajstić information content (AvgIpc) is 2.38. The predicted octanol–water partition coefficient (Wildman–Crippen LogP) is 4.66. The summed E-state index contributed by atoms with van der Waals surface area (Å²) in [5, 5.41) is 0. The summed E-state index contributed by atoms with van der Waals surface area (Å²) in [6.45, 7) is 6.69. The lowest BCUT2D eigenvalue weighted by Crippen LogP contribution is -2.10. The lowest BCUT2D eigenvalue weighted by atomic mass is 9.87. The summed E-state index contributed by atoms with van der Waals surface area (Å²) in [4.78, 5) is -0.694. The van der Waals surface area contributed by atoms with Gasteiger partial charge in [0.25, 0.3) is 10.1 Å². The molecule has 6 heteroatoms. The molecule has 0 spiro atoms. The van der Waals surface area contributed by atoms with Gasteiger partial charge in [-0.15, -0.1) is 0 Å². The van der Waals surface area contributed by atoms with Gasteiger partial charge in [0.1, 0.15) is 10.7 Å². The van der Waals surface area contributed by atoms with Crippen LogP contribution >= 0.6 is 22.6 Å². The van der Waals surface area contributed by atoms with Gasteiger partial charge in [-0.3, -0.25) is 4.55 Å². The van der Waals surface area contributed by atoms with Gasteiger partial charge in [-0.2, -0.15) is 8.42 Å². The molecule has 1 N–H and O–H groups in total. The molecule has 0 unspecified atom stereocenters. The van der Waals surface area contributed by atoms with Crippen LogP contribution in [-0.2, 0) is 15.5 Å². The largest absolute Gasteiger partial charge is 0.297 e. The second kappa shape index (κ2) is 7.52. The average molecular weight is 436 g/mol. The Morgan fingerprint density at radius 2 is 1.50 bits per heavy atom. The smallest absolute Gasteiger partial charge is 0.282 e. The SMILES string of the molecule is CC(C)(C)c1ccc(I)cc1.O=S(=O)(O)c1ccccc1F. The lowest BCUT2D eigenvalue weighted by molar-refractivity contribution is 0.473. The van der Waals surface area contributed by atoms with Crippen molar-refractivity contribution in [1.29, 1.82) is 0 Å². The summed E-state index contributed by atoms with van der Waals surface area (Å²) < 4.78 is 43.0. The zero-order valence-electron chi connectivity index (χ0n) is 12.5. The van der Waals surface area contributed by atoms with Crippen molar-refractivity contribution in [3.8, 4) is 0 Å². The highest BCUT2D eigenvalue weighted by Crippen LogP contribution is 2.22. The number of benzene rings is 2. The van der Waals surface area contributed by atoms with E-state index in [2.05, 4.69) is 67.6 Å². The van der Waals surface area contributed by atoms with Crippen LogP contribution in [0.1, 0.15) is 26.3 Å². The van der Waals surface area contributed by atoms with Crippen LogP contribution in [0.5, 0.6) is 0 Å². The maximum atomic E-state index is 12.5. The highest BCUT2D eigenvalue weighted by molar-refractivity contribution is 14.1. The Bertz CT molecular complexity index is 720. The first-order valence-corrected chi connectivity index (χ1v) is 9.02. The Kier molecular flexibility index (Phi) is 6.51. The zero-order chi connectivity index (χ0) is 17.0. The molecule has 0 saturated heterocycles. The van der Waals surface area contributed by atoms with Crippen molar-refractivity contribution in [3.63, 3.8) is 0 Å². The number of hydrogen-bond acceptors (Lipinski definition) is 2. The van der Waals surface area contributed by atoms with E-state index in [0.29, 0.717) is 0 Å². The maximum Gasteiger partial charge on any atom is 0.297 e. The van der Waals surface area contributed by atoms with Crippen LogP contribution in [-0.4, -0.2) is 13.0 Å². The van der Waals surface area contributed by atoms with Crippen LogP contribution in [0.15, 0.2) is 53.4 Å². The van der Waals surface area contributed by atoms with Gasteiger partial charge in [-0.25, -0.2) is 4.39 Å². The highest BCUT2D eigenvalue weighted by Gasteiger charge is 2.13. The van der Waals surface area contributed by atoms with E-state index >= 15 is 0 Å². The molecule has 0 aliphatic rings. The first-order valence-electron chi connectivity index (χ1n) is 6.50. The molecule has 3 nitrogen and oxygen atoms in total. The monoisotopic (exact) mass is 436 g/mol. The molecule has 2 aromatic carbocycles. The van der Waals surface area contributed by atoms with E-state index in [0.717, 1.165) is 12.1 Å². The topological polar surface area (TPSA) is 54.4 Å². The van der Waals surface area contributed by atoms with Crippen LogP contribution < -0.4 is 0 Å². The number of rotatable bonds is 1. The number of hydrogen-bond donors (Lipinski definition) is 1. The van der Waals surface area contributed by atoms with Crippen LogP contribution in [0.3, 0.4) is 0 Å². The van der Waals surface area contributed by atoms with Crippen molar-refractivity contribution in [2.45, 2.75) is 31.1 Å². The van der Waals surface area contributed by atoms with Crippen molar-refractivity contribution in [1.82, 2.24) is 0 Å². The van der Waals surface area contributed by atoms with Crippen LogP contribution in [0, 0.1) is 9.39 Å². The van der Waals surface area contributed by atoms with Gasteiger partial charge < -0.3 is 0 Å². The van der Waals surface area contributed by atoms with E-state index in [1.54, 1.807) is 0 Å². The van der Waals surface area contributed by atoms with Crippen LogP contribution in [0.25, 0.3) is 0 Å². The van der Waals surface area contributed by atoms with Crippen LogP contribution in [0.2, 0.25) is 0 Å². The van der Waals surface area contributed by atoms with Crippen molar-refractivity contribution >= 4 is 32.7 Å². The fraction of sp³-hybridized carbons (Fsp3) is 0.250. The molecular formula is C16H18FIO3S. The third-order valence-electron chi connectivity index (χ3n) is 2.82. The first-order chi connectivity index (χ1) is 10.0. The molecule has 0 saturated carbocycles. The molecule has 0 bridgehead atoms. The Morgan fingerprint density at radius 3 is 1.86 bits per heavy atom. The second-order valence-electron chi connectivity index (χ2n) is 5.66. The van der Waals surface area contributed by atoms with E-state index in [4.69, 9.17) is 4.55 Å². The van der Waals surface area contributed by atoms with Gasteiger partial charge in [0.2, 0.25) is 0 Å². The van der Waals surface area contributed by atoms with Crippen molar-refractivity contribution in [2.75, 3.05) is 0 Å².